The smallest absolute Gasteiger partial charge is 0.317 e. The van der Waals surface area contributed by atoms with E-state index < -0.39 is 0 Å². The molecule has 2 amide bonds. The average molecular weight is 320 g/mol. The Morgan fingerprint density at radius 3 is 2.96 bits per heavy atom. The molecule has 0 radical (unpaired) electrons. The van der Waals surface area contributed by atoms with Crippen LogP contribution in [0.4, 0.5) is 4.79 Å². The molecule has 1 aromatic heterocycles. The molecule has 2 unspecified atom stereocenters. The Bertz CT molecular complexity index is 483. The molecule has 128 valence electrons. The normalized spacial score (nSPS) is 26.2. The number of piperidine rings is 1. The van der Waals surface area contributed by atoms with Gasteiger partial charge in [-0.15, -0.1) is 0 Å². The summed E-state index contributed by atoms with van der Waals surface area (Å²) in [6.45, 7) is 5.39. The standard InChI is InChI=1S/C17H28N4O2/c1-13-12-14(5-11-23-13)2-6-20-17(22)21-9-3-15(4-10-21)16-18-7-8-19-16/h7-8,13-15H,2-6,9-12H2,1H3,(H,18,19)(H,20,22). The van der Waals surface area contributed by atoms with Crippen molar-refractivity contribution in [2.45, 2.75) is 51.0 Å². The van der Waals surface area contributed by atoms with Crippen LogP contribution in [0.1, 0.15) is 50.8 Å². The number of nitrogens with one attached hydrogen (secondary N) is 2. The molecule has 23 heavy (non-hydrogen) atoms. The van der Waals surface area contributed by atoms with Gasteiger partial charge in [0.05, 0.1) is 6.10 Å². The van der Waals surface area contributed by atoms with Crippen molar-refractivity contribution in [3.8, 4) is 0 Å². The fourth-order valence-electron chi connectivity index (χ4n) is 3.71. The Balaban J connectivity index is 1.35. The van der Waals surface area contributed by atoms with Crippen molar-refractivity contribution in [2.24, 2.45) is 5.92 Å². The van der Waals surface area contributed by atoms with Crippen molar-refractivity contribution in [3.63, 3.8) is 0 Å². The summed E-state index contributed by atoms with van der Waals surface area (Å²) in [7, 11) is 0. The molecule has 2 aliphatic heterocycles. The lowest BCUT2D eigenvalue weighted by atomic mass is 9.93. The van der Waals surface area contributed by atoms with Gasteiger partial charge < -0.3 is 19.9 Å². The van der Waals surface area contributed by atoms with Crippen LogP contribution in [0.15, 0.2) is 12.4 Å². The van der Waals surface area contributed by atoms with Crippen LogP contribution in [0.5, 0.6) is 0 Å². The maximum absolute atomic E-state index is 12.3. The summed E-state index contributed by atoms with van der Waals surface area (Å²) in [5.41, 5.74) is 0. The molecule has 0 spiro atoms. The van der Waals surface area contributed by atoms with E-state index in [1.165, 1.54) is 0 Å². The zero-order chi connectivity index (χ0) is 16.1. The first-order valence-corrected chi connectivity index (χ1v) is 8.86. The molecule has 6 nitrogen and oxygen atoms in total. The number of hydrogen-bond acceptors (Lipinski definition) is 3. The van der Waals surface area contributed by atoms with Crippen molar-refractivity contribution in [1.82, 2.24) is 20.2 Å². The van der Waals surface area contributed by atoms with Crippen molar-refractivity contribution < 1.29 is 9.53 Å². The number of H-pyrrole nitrogens is 1. The molecular formula is C17H28N4O2. The highest BCUT2D eigenvalue weighted by Gasteiger charge is 2.25. The Morgan fingerprint density at radius 1 is 1.43 bits per heavy atom. The molecule has 2 aliphatic rings. The lowest BCUT2D eigenvalue weighted by Gasteiger charge is -2.31. The number of imidazole rings is 1. The minimum absolute atomic E-state index is 0.0861. The first-order valence-electron chi connectivity index (χ1n) is 8.86. The number of rotatable bonds is 4. The molecule has 2 fully saturated rings. The van der Waals surface area contributed by atoms with E-state index in [4.69, 9.17) is 4.74 Å². The maximum Gasteiger partial charge on any atom is 0.317 e. The fraction of sp³-hybridized carbons (Fsp3) is 0.765. The highest BCUT2D eigenvalue weighted by Crippen LogP contribution is 2.25. The largest absolute Gasteiger partial charge is 0.378 e. The predicted octanol–water partition coefficient (Wildman–Crippen LogP) is 2.50. The summed E-state index contributed by atoms with van der Waals surface area (Å²) in [5.74, 6) is 2.19. The summed E-state index contributed by atoms with van der Waals surface area (Å²) in [6, 6.07) is 0.0861. The molecule has 0 bridgehead atoms. The highest BCUT2D eigenvalue weighted by atomic mass is 16.5. The molecule has 2 N–H and O–H groups in total. The van der Waals surface area contributed by atoms with Crippen LogP contribution in [0.25, 0.3) is 0 Å². The third-order valence-corrected chi connectivity index (χ3v) is 5.11. The SMILES string of the molecule is CC1CC(CCNC(=O)N2CCC(c3ncc[nH]3)CC2)CCO1. The Labute approximate surface area is 138 Å². The second-order valence-corrected chi connectivity index (χ2v) is 6.83. The fourth-order valence-corrected chi connectivity index (χ4v) is 3.71. The van der Waals surface area contributed by atoms with E-state index >= 15 is 0 Å². The van der Waals surface area contributed by atoms with Gasteiger partial charge in [0.2, 0.25) is 0 Å². The second kappa shape index (κ2) is 7.81. The zero-order valence-electron chi connectivity index (χ0n) is 14.0. The van der Waals surface area contributed by atoms with Gasteiger partial charge in [-0.05, 0) is 44.9 Å². The van der Waals surface area contributed by atoms with Gasteiger partial charge in [-0.3, -0.25) is 0 Å². The number of aromatic amines is 1. The molecule has 0 saturated carbocycles. The monoisotopic (exact) mass is 320 g/mol. The third-order valence-electron chi connectivity index (χ3n) is 5.11. The van der Waals surface area contributed by atoms with Crippen LogP contribution < -0.4 is 5.32 Å². The van der Waals surface area contributed by atoms with Crippen LogP contribution in [0.3, 0.4) is 0 Å². The summed E-state index contributed by atoms with van der Waals surface area (Å²) >= 11 is 0. The molecule has 1 aromatic rings. The van der Waals surface area contributed by atoms with Gasteiger partial charge in [0.15, 0.2) is 0 Å². The molecule has 3 heterocycles. The Kier molecular flexibility index (Phi) is 5.54. The van der Waals surface area contributed by atoms with Crippen LogP contribution in [0.2, 0.25) is 0 Å². The number of nitrogens with zero attached hydrogens (tertiary/aromatic N) is 2. The molecule has 6 heteroatoms. The van der Waals surface area contributed by atoms with E-state index in [9.17, 15) is 4.79 Å². The van der Waals surface area contributed by atoms with Gasteiger partial charge in [0, 0.05) is 44.6 Å². The highest BCUT2D eigenvalue weighted by molar-refractivity contribution is 5.74. The van der Waals surface area contributed by atoms with Crippen LogP contribution in [-0.2, 0) is 4.74 Å². The molecule has 0 aliphatic carbocycles. The number of likely N-dealkylation sites (tertiary alicyclic amines) is 1. The number of carbonyl (C=O) groups excluding carboxylic acids is 1. The van der Waals surface area contributed by atoms with Crippen LogP contribution >= 0.6 is 0 Å². The minimum Gasteiger partial charge on any atom is -0.378 e. The lowest BCUT2D eigenvalue weighted by Crippen LogP contribution is -2.44. The van der Waals surface area contributed by atoms with Gasteiger partial charge in [-0.1, -0.05) is 0 Å². The average Bonchev–Trinajstić information content (AvgIpc) is 3.09. The lowest BCUT2D eigenvalue weighted by molar-refractivity contribution is 0.00111. The van der Waals surface area contributed by atoms with Crippen molar-refractivity contribution in [2.75, 3.05) is 26.2 Å². The Hall–Kier alpha value is -1.56. The number of hydrogen-bond donors (Lipinski definition) is 2. The molecule has 2 saturated heterocycles. The summed E-state index contributed by atoms with van der Waals surface area (Å²) < 4.78 is 5.57. The number of aromatic nitrogens is 2. The minimum atomic E-state index is 0.0861. The first kappa shape index (κ1) is 16.3. The van der Waals surface area contributed by atoms with Crippen LogP contribution in [0, 0.1) is 5.92 Å². The summed E-state index contributed by atoms with van der Waals surface area (Å²) in [4.78, 5) is 21.7. The maximum atomic E-state index is 12.3. The second-order valence-electron chi connectivity index (χ2n) is 6.83. The van der Waals surface area contributed by atoms with Gasteiger partial charge in [-0.25, -0.2) is 9.78 Å². The van der Waals surface area contributed by atoms with Gasteiger partial charge in [0.25, 0.3) is 0 Å². The number of ether oxygens (including phenoxy) is 1. The van der Waals surface area contributed by atoms with Crippen LogP contribution in [-0.4, -0.2) is 53.2 Å². The summed E-state index contributed by atoms with van der Waals surface area (Å²) in [5, 5.41) is 3.09. The van der Waals surface area contributed by atoms with Crippen molar-refractivity contribution >= 4 is 6.03 Å². The van der Waals surface area contributed by atoms with Crippen molar-refractivity contribution in [3.05, 3.63) is 18.2 Å². The third kappa shape index (κ3) is 4.47. The first-order chi connectivity index (χ1) is 11.2. The van der Waals surface area contributed by atoms with E-state index in [2.05, 4.69) is 22.2 Å². The van der Waals surface area contributed by atoms with Gasteiger partial charge in [-0.2, -0.15) is 0 Å². The topological polar surface area (TPSA) is 70.2 Å². The quantitative estimate of drug-likeness (QED) is 0.895. The van der Waals surface area contributed by atoms with E-state index in [0.717, 1.165) is 64.2 Å². The Morgan fingerprint density at radius 2 is 2.26 bits per heavy atom. The molecular weight excluding hydrogens is 292 g/mol. The van der Waals surface area contributed by atoms with Crippen molar-refractivity contribution in [1.29, 1.82) is 0 Å². The number of urea groups is 1. The molecule has 0 aromatic carbocycles. The van der Waals surface area contributed by atoms with E-state index in [1.807, 2.05) is 11.1 Å². The van der Waals surface area contributed by atoms with E-state index in [0.29, 0.717) is 17.9 Å². The van der Waals surface area contributed by atoms with E-state index in [-0.39, 0.29) is 6.03 Å². The van der Waals surface area contributed by atoms with E-state index in [1.54, 1.807) is 6.20 Å². The van der Waals surface area contributed by atoms with Gasteiger partial charge >= 0.3 is 6.03 Å². The predicted molar refractivity (Wildman–Crippen MR) is 88.3 cm³/mol. The zero-order valence-corrected chi connectivity index (χ0v) is 14.0. The van der Waals surface area contributed by atoms with Gasteiger partial charge in [0.1, 0.15) is 5.82 Å². The number of carbonyl (C=O) groups is 1. The molecule has 2 atom stereocenters. The summed E-state index contributed by atoms with van der Waals surface area (Å²) in [6.07, 6.45) is 9.29. The number of amides is 2. The molecule has 3 rings (SSSR count).